The molecule has 1 aromatic carbocycles. The molecule has 1 heterocycles. The average molecular weight is 348 g/mol. The number of nitrogens with zero attached hydrogens (tertiary/aromatic N) is 3. The van der Waals surface area contributed by atoms with Crippen molar-refractivity contribution in [1.29, 1.82) is 0 Å². The predicted octanol–water partition coefficient (Wildman–Crippen LogP) is 3.39. The number of benzene rings is 1. The summed E-state index contributed by atoms with van der Waals surface area (Å²) in [6, 6.07) is 4.86. The third-order valence-electron chi connectivity index (χ3n) is 4.65. The van der Waals surface area contributed by atoms with Gasteiger partial charge in [-0.15, -0.1) is 0 Å². The molecule has 0 radical (unpaired) electrons. The van der Waals surface area contributed by atoms with Crippen molar-refractivity contribution in [1.82, 2.24) is 14.5 Å². The smallest absolute Gasteiger partial charge is 0.261 e. The fourth-order valence-electron chi connectivity index (χ4n) is 3.16. The molecule has 0 saturated heterocycles. The fraction of sp³-hybridized carbons (Fsp3) is 0.500. The van der Waals surface area contributed by atoms with E-state index in [0.29, 0.717) is 34.8 Å². The second-order valence-electron chi connectivity index (χ2n) is 6.26. The monoisotopic (exact) mass is 347 g/mol. The van der Waals surface area contributed by atoms with E-state index in [0.717, 1.165) is 12.8 Å². The highest BCUT2D eigenvalue weighted by atomic mass is 35.5. The lowest BCUT2D eigenvalue weighted by Gasteiger charge is -2.29. The first kappa shape index (κ1) is 17.0. The Hall–Kier alpha value is -1.88. The number of halogens is 1. The topological polar surface area (TPSA) is 55.2 Å². The molecule has 1 saturated carbocycles. The summed E-state index contributed by atoms with van der Waals surface area (Å²) in [5.74, 6) is 0.922. The van der Waals surface area contributed by atoms with Crippen LogP contribution in [0.4, 0.5) is 0 Å². The predicted molar refractivity (Wildman–Crippen MR) is 95.2 cm³/mol. The second kappa shape index (κ2) is 6.55. The summed E-state index contributed by atoms with van der Waals surface area (Å²) in [5, 5.41) is 1.09. The van der Waals surface area contributed by atoms with E-state index >= 15 is 0 Å². The zero-order valence-electron chi connectivity index (χ0n) is 14.3. The first-order chi connectivity index (χ1) is 11.5. The van der Waals surface area contributed by atoms with Gasteiger partial charge in [0.25, 0.3) is 5.56 Å². The highest BCUT2D eigenvalue weighted by molar-refractivity contribution is 6.31. The van der Waals surface area contributed by atoms with Crippen LogP contribution in [0, 0.1) is 5.92 Å². The van der Waals surface area contributed by atoms with Crippen molar-refractivity contribution >= 4 is 28.4 Å². The molecule has 1 atom stereocenters. The molecule has 5 nitrogen and oxygen atoms in total. The second-order valence-corrected chi connectivity index (χ2v) is 6.69. The van der Waals surface area contributed by atoms with Gasteiger partial charge in [0.1, 0.15) is 5.82 Å². The van der Waals surface area contributed by atoms with Crippen LogP contribution in [-0.4, -0.2) is 26.9 Å². The third-order valence-corrected chi connectivity index (χ3v) is 4.89. The molecule has 0 N–H and O–H groups in total. The van der Waals surface area contributed by atoms with E-state index in [1.807, 2.05) is 25.7 Å². The lowest BCUT2D eigenvalue weighted by molar-refractivity contribution is -0.134. The molecule has 1 fully saturated rings. The number of amides is 1. The van der Waals surface area contributed by atoms with Crippen LogP contribution in [0.2, 0.25) is 5.02 Å². The molecule has 24 heavy (non-hydrogen) atoms. The highest BCUT2D eigenvalue weighted by Gasteiger charge is 2.36. The zero-order valence-corrected chi connectivity index (χ0v) is 15.0. The number of aromatic nitrogens is 2. The van der Waals surface area contributed by atoms with Crippen LogP contribution in [0.3, 0.4) is 0 Å². The van der Waals surface area contributed by atoms with E-state index in [-0.39, 0.29) is 23.4 Å². The maximum absolute atomic E-state index is 12.8. The van der Waals surface area contributed by atoms with Crippen molar-refractivity contribution in [2.24, 2.45) is 5.92 Å². The first-order valence-electron chi connectivity index (χ1n) is 8.48. The molecule has 1 aromatic heterocycles. The van der Waals surface area contributed by atoms with Gasteiger partial charge in [0, 0.05) is 24.0 Å². The molecule has 2 aromatic rings. The van der Waals surface area contributed by atoms with Crippen molar-refractivity contribution in [3.63, 3.8) is 0 Å². The molecule has 3 rings (SSSR count). The average Bonchev–Trinajstić information content (AvgIpc) is 3.39. The Morgan fingerprint density at radius 3 is 2.71 bits per heavy atom. The minimum Gasteiger partial charge on any atom is -0.333 e. The van der Waals surface area contributed by atoms with Crippen molar-refractivity contribution in [2.75, 3.05) is 6.54 Å². The van der Waals surface area contributed by atoms with E-state index in [1.165, 1.54) is 0 Å². The highest BCUT2D eigenvalue weighted by Crippen LogP contribution is 2.33. The molecule has 1 aliphatic rings. The minimum atomic E-state index is -0.251. The first-order valence-corrected chi connectivity index (χ1v) is 8.86. The van der Waals surface area contributed by atoms with Crippen LogP contribution < -0.4 is 5.56 Å². The van der Waals surface area contributed by atoms with Gasteiger partial charge < -0.3 is 4.90 Å². The van der Waals surface area contributed by atoms with Crippen molar-refractivity contribution < 1.29 is 4.79 Å². The molecule has 1 amide bonds. The van der Waals surface area contributed by atoms with Crippen molar-refractivity contribution in [3.05, 3.63) is 39.4 Å². The van der Waals surface area contributed by atoms with Gasteiger partial charge in [-0.25, -0.2) is 4.98 Å². The largest absolute Gasteiger partial charge is 0.333 e. The van der Waals surface area contributed by atoms with E-state index in [9.17, 15) is 9.59 Å². The summed E-state index contributed by atoms with van der Waals surface area (Å²) >= 11 is 6.05. The van der Waals surface area contributed by atoms with Crippen LogP contribution in [0.25, 0.3) is 10.9 Å². The maximum atomic E-state index is 12.8. The summed E-state index contributed by atoms with van der Waals surface area (Å²) in [6.45, 7) is 6.93. The van der Waals surface area contributed by atoms with Crippen LogP contribution in [0.15, 0.2) is 23.0 Å². The van der Waals surface area contributed by atoms with E-state index in [2.05, 4.69) is 4.98 Å². The molecule has 0 aliphatic heterocycles. The Bertz CT molecular complexity index is 842. The molecular weight excluding hydrogens is 326 g/mol. The van der Waals surface area contributed by atoms with Gasteiger partial charge in [-0.05, 0) is 51.8 Å². The Balaban J connectivity index is 2.12. The summed E-state index contributed by atoms with van der Waals surface area (Å²) in [7, 11) is 0. The van der Waals surface area contributed by atoms with Gasteiger partial charge in [0.05, 0.1) is 16.9 Å². The SMILES string of the molecule is CCN(C(=O)C1CC1)C(C)c1nc2cc(Cl)ccc2c(=O)n1CC. The van der Waals surface area contributed by atoms with Crippen molar-refractivity contribution in [2.45, 2.75) is 46.2 Å². The summed E-state index contributed by atoms with van der Waals surface area (Å²) < 4.78 is 1.66. The Labute approximate surface area is 146 Å². The molecule has 128 valence electrons. The third kappa shape index (κ3) is 2.93. The number of rotatable bonds is 5. The van der Waals surface area contributed by atoms with E-state index < -0.39 is 0 Å². The molecule has 1 aliphatic carbocycles. The Kier molecular flexibility index (Phi) is 4.63. The Morgan fingerprint density at radius 1 is 1.42 bits per heavy atom. The number of fused-ring (bicyclic) bond motifs is 1. The van der Waals surface area contributed by atoms with Crippen LogP contribution in [0.5, 0.6) is 0 Å². The molecule has 1 unspecified atom stereocenters. The number of carbonyl (C=O) groups excluding carboxylic acids is 1. The van der Waals surface area contributed by atoms with Gasteiger partial charge in [0.2, 0.25) is 5.91 Å². The zero-order chi connectivity index (χ0) is 17.4. The van der Waals surface area contributed by atoms with Crippen LogP contribution >= 0.6 is 11.6 Å². The van der Waals surface area contributed by atoms with E-state index in [1.54, 1.807) is 22.8 Å². The summed E-state index contributed by atoms with van der Waals surface area (Å²) in [4.78, 5) is 31.8. The fourth-order valence-corrected chi connectivity index (χ4v) is 3.33. The van der Waals surface area contributed by atoms with Gasteiger partial charge in [-0.2, -0.15) is 0 Å². The van der Waals surface area contributed by atoms with Crippen molar-refractivity contribution in [3.8, 4) is 0 Å². The number of carbonyl (C=O) groups is 1. The Morgan fingerprint density at radius 2 is 2.12 bits per heavy atom. The lowest BCUT2D eigenvalue weighted by Crippen LogP contribution is -2.38. The molecular formula is C18H22ClN3O2. The van der Waals surface area contributed by atoms with E-state index in [4.69, 9.17) is 11.6 Å². The number of hydrogen-bond donors (Lipinski definition) is 0. The maximum Gasteiger partial charge on any atom is 0.261 e. The van der Waals surface area contributed by atoms with Gasteiger partial charge in [-0.1, -0.05) is 11.6 Å². The molecule has 0 bridgehead atoms. The van der Waals surface area contributed by atoms with Gasteiger partial charge in [0.15, 0.2) is 0 Å². The standard InChI is InChI=1S/C18H22ClN3O2/c1-4-21(17(23)12-6-7-12)11(3)16-20-15-10-13(19)8-9-14(15)18(24)22(16)5-2/h8-12H,4-7H2,1-3H3. The minimum absolute atomic E-state index is 0.0871. The lowest BCUT2D eigenvalue weighted by atomic mass is 10.2. The summed E-state index contributed by atoms with van der Waals surface area (Å²) in [6.07, 6.45) is 1.92. The summed E-state index contributed by atoms with van der Waals surface area (Å²) in [5.41, 5.74) is 0.491. The molecule has 6 heteroatoms. The van der Waals surface area contributed by atoms with Crippen LogP contribution in [0.1, 0.15) is 45.5 Å². The van der Waals surface area contributed by atoms with Gasteiger partial charge in [-0.3, -0.25) is 14.2 Å². The molecule has 0 spiro atoms. The quantitative estimate of drug-likeness (QED) is 0.833. The van der Waals surface area contributed by atoms with Crippen LogP contribution in [-0.2, 0) is 11.3 Å². The number of hydrogen-bond acceptors (Lipinski definition) is 3. The normalized spacial score (nSPS) is 15.5. The van der Waals surface area contributed by atoms with Gasteiger partial charge >= 0.3 is 0 Å².